The van der Waals surface area contributed by atoms with E-state index in [0.29, 0.717) is 19.0 Å². The quantitative estimate of drug-likeness (QED) is 0.115. The average Bonchev–Trinajstić information content (AvgIpc) is 3.55. The summed E-state index contributed by atoms with van der Waals surface area (Å²) in [4.78, 5) is 17.6. The molecule has 39 heavy (non-hydrogen) atoms. The second-order valence-electron chi connectivity index (χ2n) is 9.97. The molecular weight excluding hydrogens is 488 g/mol. The van der Waals surface area contributed by atoms with Gasteiger partial charge in [0.1, 0.15) is 5.82 Å². The number of hydrogen-bond acceptors (Lipinski definition) is 6. The van der Waals surface area contributed by atoms with Crippen LogP contribution < -0.4 is 0 Å². The van der Waals surface area contributed by atoms with Crippen LogP contribution >= 0.6 is 0 Å². The van der Waals surface area contributed by atoms with E-state index in [-0.39, 0.29) is 5.97 Å². The highest BCUT2D eigenvalue weighted by Crippen LogP contribution is 2.33. The molecule has 0 radical (unpaired) electrons. The molecule has 4 aromatic rings. The first-order chi connectivity index (χ1) is 19.2. The third-order valence-electron chi connectivity index (χ3n) is 7.23. The van der Waals surface area contributed by atoms with Crippen LogP contribution in [0.5, 0.6) is 0 Å². The number of rotatable bonds is 10. The molecule has 2 heterocycles. The molecule has 0 unspecified atom stereocenters. The van der Waals surface area contributed by atoms with Crippen LogP contribution in [0.25, 0.3) is 28.1 Å². The monoisotopic (exact) mass is 524 g/mol. The van der Waals surface area contributed by atoms with Crippen LogP contribution in [-0.2, 0) is 28.9 Å². The maximum Gasteiger partial charge on any atom is 0.331 e. The van der Waals surface area contributed by atoms with Crippen molar-refractivity contribution in [1.29, 1.82) is 0 Å². The molecule has 0 spiro atoms. The van der Waals surface area contributed by atoms with E-state index in [1.54, 1.807) is 6.08 Å². The first-order valence-corrected chi connectivity index (χ1v) is 14.1. The Morgan fingerprint density at radius 3 is 2.56 bits per heavy atom. The van der Waals surface area contributed by atoms with E-state index in [2.05, 4.69) is 62.4 Å². The molecule has 202 valence electrons. The van der Waals surface area contributed by atoms with Crippen molar-refractivity contribution in [3.8, 4) is 22.5 Å². The lowest BCUT2D eigenvalue weighted by atomic mass is 9.98. The van der Waals surface area contributed by atoms with Gasteiger partial charge in [-0.05, 0) is 66.5 Å². The summed E-state index contributed by atoms with van der Waals surface area (Å²) in [6.07, 6.45) is 10.00. The fraction of sp³-hybridized carbons (Fsp3) is 0.387. The zero-order chi connectivity index (χ0) is 27.0. The SMILES string of the molecule is CCCCCc1nc2c(n1Cc1ccc(-c3ccccc3-c3nn[nH]n3)cc1)C(=CC(=O)OCC)CCCC2. The van der Waals surface area contributed by atoms with E-state index in [0.717, 1.165) is 78.0 Å². The van der Waals surface area contributed by atoms with Gasteiger partial charge in [0.2, 0.25) is 5.82 Å². The van der Waals surface area contributed by atoms with Gasteiger partial charge in [0.05, 0.1) is 18.0 Å². The number of benzene rings is 2. The molecule has 1 N–H and O–H groups in total. The van der Waals surface area contributed by atoms with E-state index in [9.17, 15) is 4.79 Å². The summed E-state index contributed by atoms with van der Waals surface area (Å²) in [5.74, 6) is 1.41. The highest BCUT2D eigenvalue weighted by atomic mass is 16.5. The van der Waals surface area contributed by atoms with Crippen molar-refractivity contribution in [2.24, 2.45) is 0 Å². The van der Waals surface area contributed by atoms with Gasteiger partial charge >= 0.3 is 5.97 Å². The van der Waals surface area contributed by atoms with Crippen molar-refractivity contribution < 1.29 is 9.53 Å². The summed E-state index contributed by atoms with van der Waals surface area (Å²) in [5.41, 5.74) is 7.54. The number of hydrogen-bond donors (Lipinski definition) is 1. The Kier molecular flexibility index (Phi) is 8.61. The lowest BCUT2D eigenvalue weighted by Crippen LogP contribution is -2.10. The van der Waals surface area contributed by atoms with Gasteiger partial charge in [-0.15, -0.1) is 10.2 Å². The number of carbonyl (C=O) groups is 1. The fourth-order valence-corrected chi connectivity index (χ4v) is 5.35. The molecule has 8 heteroatoms. The van der Waals surface area contributed by atoms with E-state index < -0.39 is 0 Å². The number of nitrogens with zero attached hydrogens (tertiary/aromatic N) is 5. The van der Waals surface area contributed by atoms with Gasteiger partial charge in [0.15, 0.2) is 0 Å². The van der Waals surface area contributed by atoms with Crippen molar-refractivity contribution in [2.75, 3.05) is 6.61 Å². The van der Waals surface area contributed by atoms with Crippen molar-refractivity contribution in [2.45, 2.75) is 71.8 Å². The maximum atomic E-state index is 12.5. The topological polar surface area (TPSA) is 98.6 Å². The summed E-state index contributed by atoms with van der Waals surface area (Å²) in [5, 5.41) is 14.6. The number of ether oxygens (including phenoxy) is 1. The molecule has 0 bridgehead atoms. The zero-order valence-corrected chi connectivity index (χ0v) is 22.8. The first kappa shape index (κ1) is 26.5. The summed E-state index contributed by atoms with van der Waals surface area (Å²) >= 11 is 0. The molecule has 0 amide bonds. The predicted octanol–water partition coefficient (Wildman–Crippen LogP) is 6.18. The predicted molar refractivity (Wildman–Crippen MR) is 152 cm³/mol. The van der Waals surface area contributed by atoms with Gasteiger partial charge in [0.25, 0.3) is 0 Å². The summed E-state index contributed by atoms with van der Waals surface area (Å²) in [7, 11) is 0. The smallest absolute Gasteiger partial charge is 0.331 e. The summed E-state index contributed by atoms with van der Waals surface area (Å²) < 4.78 is 7.63. The number of aryl methyl sites for hydroxylation is 2. The first-order valence-electron chi connectivity index (χ1n) is 14.1. The third kappa shape index (κ3) is 6.16. The number of imidazole rings is 1. The standard InChI is InChI=1S/C31H36N6O2/c1-3-5-6-15-28-32-27-14-10-7-11-24(20-29(38)39-4-2)30(27)37(28)21-22-16-18-23(19-17-22)25-12-8-9-13-26(25)31-33-35-36-34-31/h8-9,12-13,16-20H,3-7,10-11,14-15,21H2,1-2H3,(H,33,34,35,36). The van der Waals surface area contributed by atoms with Crippen molar-refractivity contribution in [3.63, 3.8) is 0 Å². The normalized spacial score (nSPS) is 14.3. The molecule has 5 rings (SSSR count). The maximum absolute atomic E-state index is 12.5. The van der Waals surface area contributed by atoms with Crippen LogP contribution in [0, 0.1) is 0 Å². The average molecular weight is 525 g/mol. The van der Waals surface area contributed by atoms with Gasteiger partial charge in [-0.3, -0.25) is 0 Å². The van der Waals surface area contributed by atoms with Gasteiger partial charge in [0, 0.05) is 24.6 Å². The van der Waals surface area contributed by atoms with E-state index in [4.69, 9.17) is 9.72 Å². The van der Waals surface area contributed by atoms with Crippen LogP contribution in [0.4, 0.5) is 0 Å². The number of aromatic amines is 1. The second kappa shape index (κ2) is 12.7. The zero-order valence-electron chi connectivity index (χ0n) is 22.8. The van der Waals surface area contributed by atoms with Crippen LogP contribution in [0.2, 0.25) is 0 Å². The minimum Gasteiger partial charge on any atom is -0.463 e. The highest BCUT2D eigenvalue weighted by molar-refractivity contribution is 5.91. The minimum absolute atomic E-state index is 0.273. The van der Waals surface area contributed by atoms with Crippen molar-refractivity contribution in [1.82, 2.24) is 30.2 Å². The van der Waals surface area contributed by atoms with E-state index in [1.807, 2.05) is 25.1 Å². The molecule has 0 saturated heterocycles. The Balaban J connectivity index is 1.49. The molecule has 2 aromatic heterocycles. The van der Waals surface area contributed by atoms with Crippen LogP contribution in [0.1, 0.15) is 75.1 Å². The molecular formula is C31H36N6O2. The number of carbonyl (C=O) groups excluding carboxylic acids is 1. The second-order valence-corrected chi connectivity index (χ2v) is 9.97. The Bertz CT molecular complexity index is 1420. The highest BCUT2D eigenvalue weighted by Gasteiger charge is 2.23. The van der Waals surface area contributed by atoms with Gasteiger partial charge in [-0.1, -0.05) is 68.3 Å². The third-order valence-corrected chi connectivity index (χ3v) is 7.23. The number of allylic oxidation sites excluding steroid dienone is 1. The van der Waals surface area contributed by atoms with E-state index >= 15 is 0 Å². The number of fused-ring (bicyclic) bond motifs is 1. The molecule has 0 atom stereocenters. The molecule has 0 aliphatic heterocycles. The number of nitrogens with one attached hydrogen (secondary N) is 1. The number of H-pyrrole nitrogens is 1. The van der Waals surface area contributed by atoms with E-state index in [1.165, 1.54) is 18.4 Å². The Hall–Kier alpha value is -4.07. The molecule has 1 aliphatic rings. The summed E-state index contributed by atoms with van der Waals surface area (Å²) in [6.45, 7) is 5.14. The number of esters is 1. The number of aromatic nitrogens is 6. The van der Waals surface area contributed by atoms with Crippen LogP contribution in [0.3, 0.4) is 0 Å². The number of unbranched alkanes of at least 4 members (excludes halogenated alkanes) is 2. The van der Waals surface area contributed by atoms with Gasteiger partial charge in [-0.2, -0.15) is 5.21 Å². The molecule has 0 fully saturated rings. The van der Waals surface area contributed by atoms with Crippen LogP contribution in [-0.4, -0.2) is 42.8 Å². The molecule has 1 aliphatic carbocycles. The Labute approximate surface area is 229 Å². The molecule has 2 aromatic carbocycles. The Morgan fingerprint density at radius 2 is 1.82 bits per heavy atom. The van der Waals surface area contributed by atoms with Gasteiger partial charge in [-0.25, -0.2) is 9.78 Å². The largest absolute Gasteiger partial charge is 0.463 e. The van der Waals surface area contributed by atoms with Crippen molar-refractivity contribution >= 4 is 11.5 Å². The summed E-state index contributed by atoms with van der Waals surface area (Å²) in [6, 6.07) is 16.7. The lowest BCUT2D eigenvalue weighted by Gasteiger charge is -2.15. The molecule has 0 saturated carbocycles. The van der Waals surface area contributed by atoms with Crippen molar-refractivity contribution in [3.05, 3.63) is 77.4 Å². The number of tetrazole rings is 1. The molecule has 8 nitrogen and oxygen atoms in total. The minimum atomic E-state index is -0.273. The fourth-order valence-electron chi connectivity index (χ4n) is 5.35. The lowest BCUT2D eigenvalue weighted by molar-refractivity contribution is -0.137. The Morgan fingerprint density at radius 1 is 1.03 bits per heavy atom. The van der Waals surface area contributed by atoms with Crippen LogP contribution in [0.15, 0.2) is 54.6 Å². The van der Waals surface area contributed by atoms with Gasteiger partial charge < -0.3 is 9.30 Å².